The lowest BCUT2D eigenvalue weighted by molar-refractivity contribution is 0.0942. The second kappa shape index (κ2) is 6.67. The molecule has 0 saturated carbocycles. The Labute approximate surface area is 127 Å². The second-order valence-electron chi connectivity index (χ2n) is 4.85. The highest BCUT2D eigenvalue weighted by molar-refractivity contribution is 7.17. The Balaban J connectivity index is 2.11. The van der Waals surface area contributed by atoms with Crippen molar-refractivity contribution in [2.24, 2.45) is 0 Å². The number of carbonyl (C=O) groups excluding carboxylic acids is 1. The van der Waals surface area contributed by atoms with Gasteiger partial charge in [-0.05, 0) is 44.5 Å². The average molecular weight is 307 g/mol. The van der Waals surface area contributed by atoms with Gasteiger partial charge >= 0.3 is 0 Å². The molecule has 21 heavy (non-hydrogen) atoms. The van der Waals surface area contributed by atoms with Crippen molar-refractivity contribution in [1.82, 2.24) is 10.3 Å². The van der Waals surface area contributed by atoms with E-state index in [1.807, 2.05) is 13.8 Å². The number of hydrogen-bond donors (Lipinski definition) is 2. The molecule has 0 fully saturated rings. The van der Waals surface area contributed by atoms with Gasteiger partial charge < -0.3 is 10.6 Å². The molecule has 0 spiro atoms. The van der Waals surface area contributed by atoms with Gasteiger partial charge in [0.05, 0.1) is 5.69 Å². The Morgan fingerprint density at radius 3 is 2.67 bits per heavy atom. The first-order valence-electron chi connectivity index (χ1n) is 6.80. The van der Waals surface area contributed by atoms with E-state index in [1.54, 1.807) is 19.1 Å². The van der Waals surface area contributed by atoms with E-state index < -0.39 is 0 Å². The molecule has 2 aromatic rings. The van der Waals surface area contributed by atoms with Crippen LogP contribution in [0, 0.1) is 12.7 Å². The first-order valence-corrected chi connectivity index (χ1v) is 7.62. The van der Waals surface area contributed by atoms with Crippen molar-refractivity contribution in [3.63, 3.8) is 0 Å². The maximum absolute atomic E-state index is 12.9. The van der Waals surface area contributed by atoms with Gasteiger partial charge in [-0.25, -0.2) is 9.37 Å². The van der Waals surface area contributed by atoms with E-state index in [9.17, 15) is 9.18 Å². The van der Waals surface area contributed by atoms with E-state index in [0.717, 1.165) is 12.1 Å². The highest BCUT2D eigenvalue weighted by Gasteiger charge is 2.16. The molecule has 1 aromatic carbocycles. The molecular formula is C15H18FN3OS. The third kappa shape index (κ3) is 4.01. The summed E-state index contributed by atoms with van der Waals surface area (Å²) in [6.07, 6.45) is 0.879. The summed E-state index contributed by atoms with van der Waals surface area (Å²) in [4.78, 5) is 17.1. The van der Waals surface area contributed by atoms with Crippen LogP contribution < -0.4 is 10.6 Å². The molecule has 6 heteroatoms. The van der Waals surface area contributed by atoms with Crippen LogP contribution in [-0.2, 0) is 0 Å². The van der Waals surface area contributed by atoms with Crippen molar-refractivity contribution in [1.29, 1.82) is 0 Å². The van der Waals surface area contributed by atoms with Crippen LogP contribution in [-0.4, -0.2) is 16.9 Å². The van der Waals surface area contributed by atoms with Gasteiger partial charge in [-0.15, -0.1) is 0 Å². The Morgan fingerprint density at radius 2 is 2.05 bits per heavy atom. The lowest BCUT2D eigenvalue weighted by Gasteiger charge is -2.09. The van der Waals surface area contributed by atoms with Crippen LogP contribution >= 0.6 is 11.3 Å². The molecule has 112 valence electrons. The fourth-order valence-electron chi connectivity index (χ4n) is 1.71. The number of nitrogens with one attached hydrogen (secondary N) is 2. The first kappa shape index (κ1) is 15.4. The van der Waals surface area contributed by atoms with Crippen LogP contribution in [0.25, 0.3) is 0 Å². The normalized spacial score (nSPS) is 12.0. The molecule has 2 rings (SSSR count). The summed E-state index contributed by atoms with van der Waals surface area (Å²) in [6.45, 7) is 5.79. The number of thiazole rings is 1. The number of anilines is 2. The maximum atomic E-state index is 12.9. The lowest BCUT2D eigenvalue weighted by Crippen LogP contribution is -2.31. The van der Waals surface area contributed by atoms with E-state index in [1.165, 1.54) is 23.5 Å². The lowest BCUT2D eigenvalue weighted by atomic mass is 10.2. The average Bonchev–Trinajstić information content (AvgIpc) is 2.82. The molecule has 1 heterocycles. The molecule has 1 aromatic heterocycles. The summed E-state index contributed by atoms with van der Waals surface area (Å²) in [7, 11) is 0. The van der Waals surface area contributed by atoms with Gasteiger partial charge in [-0.2, -0.15) is 0 Å². The van der Waals surface area contributed by atoms with Crippen LogP contribution in [0.1, 0.15) is 35.6 Å². The van der Waals surface area contributed by atoms with Gasteiger partial charge in [0.25, 0.3) is 5.91 Å². The van der Waals surface area contributed by atoms with E-state index in [4.69, 9.17) is 0 Å². The molecule has 1 atom stereocenters. The summed E-state index contributed by atoms with van der Waals surface area (Å²) < 4.78 is 12.9. The predicted molar refractivity (Wildman–Crippen MR) is 83.8 cm³/mol. The van der Waals surface area contributed by atoms with E-state index >= 15 is 0 Å². The van der Waals surface area contributed by atoms with Crippen molar-refractivity contribution in [2.45, 2.75) is 33.2 Å². The summed E-state index contributed by atoms with van der Waals surface area (Å²) >= 11 is 1.29. The number of amides is 1. The van der Waals surface area contributed by atoms with Gasteiger partial charge in [0.15, 0.2) is 5.13 Å². The number of carbonyl (C=O) groups is 1. The minimum atomic E-state index is -0.288. The molecule has 0 unspecified atom stereocenters. The largest absolute Gasteiger partial charge is 0.349 e. The van der Waals surface area contributed by atoms with Crippen LogP contribution in [0.5, 0.6) is 0 Å². The Hall–Kier alpha value is -1.95. The van der Waals surface area contributed by atoms with Gasteiger partial charge in [-0.1, -0.05) is 18.3 Å². The number of halogens is 1. The van der Waals surface area contributed by atoms with Crippen molar-refractivity contribution < 1.29 is 9.18 Å². The van der Waals surface area contributed by atoms with E-state index in [0.29, 0.717) is 15.7 Å². The van der Waals surface area contributed by atoms with Crippen LogP contribution in [0.2, 0.25) is 0 Å². The number of nitrogens with zero attached hydrogens (tertiary/aromatic N) is 1. The molecule has 0 bridgehead atoms. The molecule has 0 radical (unpaired) electrons. The monoisotopic (exact) mass is 307 g/mol. The van der Waals surface area contributed by atoms with Crippen LogP contribution in [0.4, 0.5) is 15.2 Å². The fraction of sp³-hybridized carbons (Fsp3) is 0.333. The first-order chi connectivity index (χ1) is 9.99. The topological polar surface area (TPSA) is 54.0 Å². The third-order valence-electron chi connectivity index (χ3n) is 3.09. The van der Waals surface area contributed by atoms with Gasteiger partial charge in [0, 0.05) is 11.7 Å². The van der Waals surface area contributed by atoms with Crippen LogP contribution in [0.3, 0.4) is 0 Å². The van der Waals surface area contributed by atoms with Crippen molar-refractivity contribution >= 4 is 28.1 Å². The second-order valence-corrected chi connectivity index (χ2v) is 5.85. The number of aromatic nitrogens is 1. The third-order valence-corrected chi connectivity index (χ3v) is 4.16. The van der Waals surface area contributed by atoms with Crippen molar-refractivity contribution in [3.8, 4) is 0 Å². The SMILES string of the molecule is CC[C@H](C)NC(=O)c1sc(Nc2ccc(F)cc2)nc1C. The Morgan fingerprint density at radius 1 is 1.38 bits per heavy atom. The summed E-state index contributed by atoms with van der Waals surface area (Å²) in [5, 5.41) is 6.62. The number of hydrogen-bond acceptors (Lipinski definition) is 4. The minimum Gasteiger partial charge on any atom is -0.349 e. The highest BCUT2D eigenvalue weighted by Crippen LogP contribution is 2.26. The maximum Gasteiger partial charge on any atom is 0.263 e. The molecule has 2 N–H and O–H groups in total. The van der Waals surface area contributed by atoms with Crippen molar-refractivity contribution in [3.05, 3.63) is 40.7 Å². The van der Waals surface area contributed by atoms with E-state index in [-0.39, 0.29) is 17.8 Å². The van der Waals surface area contributed by atoms with Gasteiger partial charge in [0.1, 0.15) is 10.7 Å². The molecule has 4 nitrogen and oxygen atoms in total. The molecule has 0 aliphatic carbocycles. The number of rotatable bonds is 5. The predicted octanol–water partition coefficient (Wildman–Crippen LogP) is 3.86. The molecule has 0 aliphatic rings. The number of benzene rings is 1. The van der Waals surface area contributed by atoms with Crippen molar-refractivity contribution in [2.75, 3.05) is 5.32 Å². The number of aryl methyl sites for hydroxylation is 1. The van der Waals surface area contributed by atoms with Crippen LogP contribution in [0.15, 0.2) is 24.3 Å². The zero-order valence-corrected chi connectivity index (χ0v) is 13.1. The zero-order valence-electron chi connectivity index (χ0n) is 12.2. The summed E-state index contributed by atoms with van der Waals surface area (Å²) in [5.41, 5.74) is 1.42. The fourth-order valence-corrected chi connectivity index (χ4v) is 2.60. The minimum absolute atomic E-state index is 0.105. The van der Waals surface area contributed by atoms with E-state index in [2.05, 4.69) is 15.6 Å². The highest BCUT2D eigenvalue weighted by atomic mass is 32.1. The summed E-state index contributed by atoms with van der Waals surface area (Å²) in [6, 6.07) is 6.14. The van der Waals surface area contributed by atoms with Gasteiger partial charge in [0.2, 0.25) is 0 Å². The summed E-state index contributed by atoms with van der Waals surface area (Å²) in [5.74, 6) is -0.393. The standard InChI is InChI=1S/C15H18FN3OS/c1-4-9(2)17-14(20)13-10(3)18-15(21-13)19-12-7-5-11(16)6-8-12/h5-9H,4H2,1-3H3,(H,17,20)(H,18,19)/t9-/m0/s1. The molecule has 1 amide bonds. The molecule has 0 saturated heterocycles. The quantitative estimate of drug-likeness (QED) is 0.882. The Bertz CT molecular complexity index is 624. The Kier molecular flexibility index (Phi) is 4.90. The molecule has 0 aliphatic heterocycles. The zero-order chi connectivity index (χ0) is 15.4. The smallest absolute Gasteiger partial charge is 0.263 e. The van der Waals surface area contributed by atoms with Gasteiger partial charge in [-0.3, -0.25) is 4.79 Å². The molecular weight excluding hydrogens is 289 g/mol.